The highest BCUT2D eigenvalue weighted by Gasteiger charge is 2.49. The number of aromatic nitrogens is 3. The number of hydrogen-bond donors (Lipinski definition) is 2. The van der Waals surface area contributed by atoms with E-state index in [4.69, 9.17) is 14.2 Å². The number of halogens is 1. The third kappa shape index (κ3) is 4.58. The quantitative estimate of drug-likeness (QED) is 0.476. The van der Waals surface area contributed by atoms with Gasteiger partial charge in [-0.25, -0.2) is 4.39 Å². The molecule has 3 aliphatic heterocycles. The number of aliphatic hydroxyl groups is 1. The molecule has 6 heterocycles. The van der Waals surface area contributed by atoms with E-state index in [1.807, 2.05) is 6.07 Å². The fourth-order valence-electron chi connectivity index (χ4n) is 5.90. The molecule has 3 fully saturated rings. The van der Waals surface area contributed by atoms with Gasteiger partial charge < -0.3 is 29.2 Å². The van der Waals surface area contributed by atoms with Gasteiger partial charge in [0.25, 0.3) is 5.56 Å². The highest BCUT2D eigenvalue weighted by Crippen LogP contribution is 2.46. The number of pyridine rings is 3. The van der Waals surface area contributed by atoms with Crippen molar-refractivity contribution in [2.75, 3.05) is 26.4 Å². The van der Waals surface area contributed by atoms with Crippen LogP contribution in [0.3, 0.4) is 0 Å². The Labute approximate surface area is 213 Å². The lowest BCUT2D eigenvalue weighted by molar-refractivity contribution is -0.165. The van der Waals surface area contributed by atoms with E-state index in [-0.39, 0.29) is 29.9 Å². The Morgan fingerprint density at radius 2 is 1.89 bits per heavy atom. The van der Waals surface area contributed by atoms with Crippen LogP contribution in [-0.2, 0) is 24.2 Å². The topological polar surface area (TPSA) is 108 Å². The van der Waals surface area contributed by atoms with Crippen molar-refractivity contribution in [1.29, 1.82) is 0 Å². The SMILES string of the molecule is O=c1ccc2ncc(F)c(CCC34CCC(NCc5cc6c(cn5)OCCO6)(CC3)CO4)c2n1CCO. The minimum absolute atomic E-state index is 0.0996. The second kappa shape index (κ2) is 9.66. The fraction of sp³-hybridized carbons (Fsp3) is 0.519. The second-order valence-electron chi connectivity index (χ2n) is 10.3. The van der Waals surface area contributed by atoms with Crippen LogP contribution in [0.25, 0.3) is 11.0 Å². The molecule has 0 radical (unpaired) electrons. The van der Waals surface area contributed by atoms with Crippen molar-refractivity contribution in [1.82, 2.24) is 19.9 Å². The molecule has 3 aromatic rings. The van der Waals surface area contributed by atoms with Crippen LogP contribution >= 0.6 is 0 Å². The molecular formula is C27H31FN4O5. The summed E-state index contributed by atoms with van der Waals surface area (Å²) in [6.45, 7) is 2.18. The van der Waals surface area contributed by atoms with Crippen molar-refractivity contribution >= 4 is 11.0 Å². The predicted octanol–water partition coefficient (Wildman–Crippen LogP) is 2.50. The van der Waals surface area contributed by atoms with Gasteiger partial charge in [0.15, 0.2) is 11.5 Å². The van der Waals surface area contributed by atoms with Crippen LogP contribution in [-0.4, -0.2) is 57.2 Å². The summed E-state index contributed by atoms with van der Waals surface area (Å²) in [5.41, 5.74) is 1.68. The van der Waals surface area contributed by atoms with E-state index in [2.05, 4.69) is 15.3 Å². The number of hydrogen-bond acceptors (Lipinski definition) is 8. The zero-order valence-electron chi connectivity index (χ0n) is 20.7. The number of aliphatic hydroxyl groups excluding tert-OH is 1. The van der Waals surface area contributed by atoms with Crippen molar-refractivity contribution in [2.24, 2.45) is 0 Å². The molecule has 2 N–H and O–H groups in total. The number of nitrogens with zero attached hydrogens (tertiary/aromatic N) is 3. The van der Waals surface area contributed by atoms with Crippen LogP contribution in [0.5, 0.6) is 11.5 Å². The molecule has 4 aliphatic rings. The van der Waals surface area contributed by atoms with E-state index in [0.717, 1.165) is 37.1 Å². The fourth-order valence-corrected chi connectivity index (χ4v) is 5.90. The van der Waals surface area contributed by atoms with Crippen molar-refractivity contribution < 1.29 is 23.7 Å². The highest BCUT2D eigenvalue weighted by atomic mass is 19.1. The van der Waals surface area contributed by atoms with Gasteiger partial charge in [-0.15, -0.1) is 0 Å². The zero-order valence-corrected chi connectivity index (χ0v) is 20.7. The van der Waals surface area contributed by atoms with Crippen LogP contribution in [0.15, 0.2) is 35.4 Å². The van der Waals surface area contributed by atoms with Crippen LogP contribution in [0.4, 0.5) is 4.39 Å². The summed E-state index contributed by atoms with van der Waals surface area (Å²) in [5.74, 6) is 0.984. The van der Waals surface area contributed by atoms with Gasteiger partial charge in [-0.1, -0.05) is 0 Å². The zero-order chi connectivity index (χ0) is 25.5. The molecule has 9 nitrogen and oxygen atoms in total. The van der Waals surface area contributed by atoms with Gasteiger partial charge >= 0.3 is 0 Å². The molecule has 0 spiro atoms. The molecule has 1 saturated carbocycles. The van der Waals surface area contributed by atoms with Crippen molar-refractivity contribution in [3.05, 3.63) is 58.0 Å². The molecule has 0 atom stereocenters. The Hall–Kier alpha value is -3.08. The van der Waals surface area contributed by atoms with Crippen molar-refractivity contribution in [2.45, 2.75) is 62.8 Å². The van der Waals surface area contributed by atoms with Gasteiger partial charge in [-0.05, 0) is 44.6 Å². The molecule has 7 rings (SSSR count). The number of aryl methyl sites for hydroxylation is 1. The van der Waals surface area contributed by atoms with E-state index in [0.29, 0.717) is 61.6 Å². The lowest BCUT2D eigenvalue weighted by atomic mass is 9.69. The molecule has 0 unspecified atom stereocenters. The van der Waals surface area contributed by atoms with E-state index in [1.54, 1.807) is 12.3 Å². The lowest BCUT2D eigenvalue weighted by Gasteiger charge is -2.53. The molecular weight excluding hydrogens is 479 g/mol. The normalized spacial score (nSPS) is 24.5. The Morgan fingerprint density at radius 3 is 2.65 bits per heavy atom. The van der Waals surface area contributed by atoms with Crippen LogP contribution in [0.2, 0.25) is 0 Å². The van der Waals surface area contributed by atoms with Gasteiger partial charge in [-0.2, -0.15) is 0 Å². The largest absolute Gasteiger partial charge is 0.486 e. The third-order valence-corrected chi connectivity index (χ3v) is 8.11. The molecule has 0 amide bonds. The molecule has 196 valence electrons. The summed E-state index contributed by atoms with van der Waals surface area (Å²) in [4.78, 5) is 21.1. The van der Waals surface area contributed by atoms with E-state index in [1.165, 1.54) is 16.8 Å². The maximum atomic E-state index is 15.0. The summed E-state index contributed by atoms with van der Waals surface area (Å²) in [7, 11) is 0. The summed E-state index contributed by atoms with van der Waals surface area (Å²) < 4.78 is 34.1. The van der Waals surface area contributed by atoms with Gasteiger partial charge in [0, 0.05) is 36.3 Å². The lowest BCUT2D eigenvalue weighted by Crippen LogP contribution is -2.61. The van der Waals surface area contributed by atoms with Gasteiger partial charge in [0.05, 0.1) is 47.9 Å². The number of rotatable bonds is 8. The number of fused-ring (bicyclic) bond motifs is 5. The molecule has 2 bridgehead atoms. The minimum Gasteiger partial charge on any atom is -0.486 e. The molecule has 10 heteroatoms. The van der Waals surface area contributed by atoms with Crippen LogP contribution in [0, 0.1) is 5.82 Å². The minimum atomic E-state index is -0.434. The average Bonchev–Trinajstić information content (AvgIpc) is 2.94. The van der Waals surface area contributed by atoms with Crippen molar-refractivity contribution in [3.8, 4) is 11.5 Å². The smallest absolute Gasteiger partial charge is 0.251 e. The molecule has 3 aromatic heterocycles. The first kappa shape index (κ1) is 24.3. The van der Waals surface area contributed by atoms with Crippen molar-refractivity contribution in [3.63, 3.8) is 0 Å². The Balaban J connectivity index is 1.13. The Kier molecular flexibility index (Phi) is 6.34. The first-order chi connectivity index (χ1) is 18.0. The monoisotopic (exact) mass is 510 g/mol. The summed E-state index contributed by atoms with van der Waals surface area (Å²) in [6.07, 6.45) is 7.71. The maximum absolute atomic E-state index is 15.0. The van der Waals surface area contributed by atoms with Gasteiger partial charge in [0.2, 0.25) is 0 Å². The summed E-state index contributed by atoms with van der Waals surface area (Å²) in [5, 5.41) is 13.1. The standard InChI is InChI=1S/C27H31FN4O5/c28-20-15-30-21-1-2-24(34)32(9-10-33)25(21)19(20)3-4-27-7-5-26(6-8-27,17-37-27)31-14-18-13-22-23(16-29-18)36-12-11-35-22/h1-2,13,15-16,31,33H,3-12,14,17H2. The van der Waals surface area contributed by atoms with Crippen LogP contribution in [0.1, 0.15) is 43.4 Å². The van der Waals surface area contributed by atoms with E-state index >= 15 is 0 Å². The van der Waals surface area contributed by atoms with Gasteiger partial charge in [-0.3, -0.25) is 14.8 Å². The predicted molar refractivity (Wildman–Crippen MR) is 133 cm³/mol. The van der Waals surface area contributed by atoms with Crippen LogP contribution < -0.4 is 20.3 Å². The van der Waals surface area contributed by atoms with Gasteiger partial charge in [0.1, 0.15) is 19.0 Å². The maximum Gasteiger partial charge on any atom is 0.251 e. The first-order valence-corrected chi connectivity index (χ1v) is 12.9. The molecule has 1 aliphatic carbocycles. The molecule has 2 saturated heterocycles. The summed E-state index contributed by atoms with van der Waals surface area (Å²) in [6, 6.07) is 4.95. The summed E-state index contributed by atoms with van der Waals surface area (Å²) >= 11 is 0. The highest BCUT2D eigenvalue weighted by molar-refractivity contribution is 5.78. The Bertz CT molecular complexity index is 1350. The Morgan fingerprint density at radius 1 is 1.08 bits per heavy atom. The van der Waals surface area contributed by atoms with E-state index in [9.17, 15) is 14.3 Å². The number of nitrogens with one attached hydrogen (secondary N) is 1. The molecule has 0 aromatic carbocycles. The second-order valence-corrected chi connectivity index (χ2v) is 10.3. The first-order valence-electron chi connectivity index (χ1n) is 12.9. The number of ether oxygens (including phenoxy) is 3. The third-order valence-electron chi connectivity index (χ3n) is 8.11. The van der Waals surface area contributed by atoms with E-state index < -0.39 is 5.82 Å². The molecule has 37 heavy (non-hydrogen) atoms. The average molecular weight is 511 g/mol.